The molecule has 5 nitrogen and oxygen atoms in total. The summed E-state index contributed by atoms with van der Waals surface area (Å²) < 4.78 is 69.1. The number of hydrogen-bond acceptors (Lipinski definition) is 3. The van der Waals surface area contributed by atoms with E-state index in [2.05, 4.69) is 20.2 Å². The van der Waals surface area contributed by atoms with Gasteiger partial charge in [0.15, 0.2) is 5.82 Å². The third-order valence-electron chi connectivity index (χ3n) is 8.71. The highest BCUT2D eigenvalue weighted by Crippen LogP contribution is 2.58. The number of alkyl halides is 5. The Morgan fingerprint density at radius 1 is 0.943 bits per heavy atom. The molecule has 3 aromatic rings. The molecule has 7 rings (SSSR count). The van der Waals surface area contributed by atoms with Crippen LogP contribution in [0.5, 0.6) is 0 Å². The van der Waals surface area contributed by atoms with Gasteiger partial charge in [0.05, 0.1) is 5.56 Å². The second-order valence-corrected chi connectivity index (χ2v) is 10.7. The maximum atomic E-state index is 13.6. The summed E-state index contributed by atoms with van der Waals surface area (Å²) in [5.74, 6) is -1.18. The maximum absolute atomic E-state index is 13.6. The summed E-state index contributed by atoms with van der Waals surface area (Å²) in [5.41, 5.74) is 0.0428. The molecule has 0 unspecified atom stereocenters. The molecule has 2 heterocycles. The topological polar surface area (TPSA) is 59.4 Å². The smallest absolute Gasteiger partial charge is 0.345 e. The molecule has 0 radical (unpaired) electrons. The summed E-state index contributed by atoms with van der Waals surface area (Å²) in [6.45, 7) is 0. The first kappa shape index (κ1) is 22.7. The lowest BCUT2D eigenvalue weighted by Gasteiger charge is -2.52. The lowest BCUT2D eigenvalue weighted by molar-refractivity contribution is -0.137. The van der Waals surface area contributed by atoms with Gasteiger partial charge in [-0.25, -0.2) is 13.8 Å². The number of benzene rings is 1. The van der Waals surface area contributed by atoms with Gasteiger partial charge in [0.1, 0.15) is 11.6 Å². The molecule has 0 saturated heterocycles. The predicted octanol–water partition coefficient (Wildman–Crippen LogP) is 6.28. The largest absolute Gasteiger partial charge is 0.417 e. The van der Waals surface area contributed by atoms with Crippen molar-refractivity contribution in [1.82, 2.24) is 24.7 Å². The minimum absolute atomic E-state index is 0.0326. The Morgan fingerprint density at radius 2 is 1.57 bits per heavy atom. The SMILES string of the molecule is Cn1c(-c2ccccc2C(F)(F)F)nnc1C12CCC(c3cnc(C4CC(F)(F)C4)[nH]3)(CC1)CC2. The fraction of sp³-hybridized carbons (Fsp3) is 0.560. The number of hydrogen-bond donors (Lipinski definition) is 1. The average Bonchev–Trinajstić information content (AvgIpc) is 3.46. The fourth-order valence-corrected chi connectivity index (χ4v) is 6.54. The van der Waals surface area contributed by atoms with E-state index in [-0.39, 0.29) is 41.0 Å². The number of nitrogens with one attached hydrogen (secondary N) is 1. The van der Waals surface area contributed by atoms with E-state index in [1.807, 2.05) is 6.20 Å². The van der Waals surface area contributed by atoms with Crippen molar-refractivity contribution in [3.8, 4) is 11.4 Å². The maximum Gasteiger partial charge on any atom is 0.417 e. The van der Waals surface area contributed by atoms with Gasteiger partial charge in [-0.05, 0) is 44.6 Å². The van der Waals surface area contributed by atoms with E-state index in [1.165, 1.54) is 12.1 Å². The van der Waals surface area contributed by atoms with Crippen molar-refractivity contribution in [3.05, 3.63) is 53.4 Å². The van der Waals surface area contributed by atoms with Crippen LogP contribution in [0.15, 0.2) is 30.5 Å². The molecule has 4 fully saturated rings. The third-order valence-corrected chi connectivity index (χ3v) is 8.71. The minimum Gasteiger partial charge on any atom is -0.345 e. The normalized spacial score (nSPS) is 28.3. The first-order valence-corrected chi connectivity index (χ1v) is 12.0. The first-order valence-electron chi connectivity index (χ1n) is 12.0. The number of aromatic nitrogens is 5. The van der Waals surface area contributed by atoms with Gasteiger partial charge in [-0.2, -0.15) is 13.2 Å². The van der Waals surface area contributed by atoms with Crippen LogP contribution < -0.4 is 0 Å². The fourth-order valence-electron chi connectivity index (χ4n) is 6.54. The summed E-state index contributed by atoms with van der Waals surface area (Å²) >= 11 is 0. The number of rotatable bonds is 4. The van der Waals surface area contributed by atoms with Crippen LogP contribution in [0.1, 0.15) is 80.2 Å². The Morgan fingerprint density at radius 3 is 2.20 bits per heavy atom. The molecule has 2 aromatic heterocycles. The van der Waals surface area contributed by atoms with Crippen LogP contribution in [0.3, 0.4) is 0 Å². The van der Waals surface area contributed by atoms with Gasteiger partial charge < -0.3 is 9.55 Å². The highest BCUT2D eigenvalue weighted by molar-refractivity contribution is 5.61. The molecular weight excluding hydrogens is 465 g/mol. The van der Waals surface area contributed by atoms with E-state index in [1.54, 1.807) is 17.7 Å². The molecule has 4 aliphatic carbocycles. The van der Waals surface area contributed by atoms with Gasteiger partial charge in [0.2, 0.25) is 5.92 Å². The van der Waals surface area contributed by atoms with Crippen LogP contribution in [0.25, 0.3) is 11.4 Å². The number of fused-ring (bicyclic) bond motifs is 3. The molecule has 0 aliphatic heterocycles. The van der Waals surface area contributed by atoms with Crippen molar-refractivity contribution in [2.45, 2.75) is 80.2 Å². The van der Waals surface area contributed by atoms with Crippen LogP contribution in [-0.2, 0) is 24.1 Å². The summed E-state index contributed by atoms with van der Waals surface area (Å²) in [6.07, 6.45) is 2.23. The standard InChI is InChI=1S/C25H26F5N5/c1-35-20(16-4-2-3-5-17(16)25(28,29)30)33-34-21(35)23-9-6-22(7-10-23,8-11-23)18-14-31-19(32-18)15-12-24(26,27)13-15/h2-5,14-15H,6-13H2,1H3,(H,31,32). The molecule has 1 N–H and O–H groups in total. The molecule has 4 aliphatic rings. The number of halogens is 5. The second kappa shape index (κ2) is 7.36. The summed E-state index contributed by atoms with van der Waals surface area (Å²) in [6, 6.07) is 5.47. The molecule has 186 valence electrons. The van der Waals surface area contributed by atoms with E-state index in [4.69, 9.17) is 0 Å². The molecule has 0 spiro atoms. The van der Waals surface area contributed by atoms with Gasteiger partial charge in [0, 0.05) is 54.1 Å². The van der Waals surface area contributed by atoms with Gasteiger partial charge >= 0.3 is 6.18 Å². The van der Waals surface area contributed by atoms with Crippen LogP contribution in [0.2, 0.25) is 0 Å². The Hall–Kier alpha value is -2.78. The van der Waals surface area contributed by atoms with E-state index in [0.717, 1.165) is 56.1 Å². The van der Waals surface area contributed by atoms with Crippen molar-refractivity contribution in [2.75, 3.05) is 0 Å². The number of nitrogens with zero attached hydrogens (tertiary/aromatic N) is 4. The van der Waals surface area contributed by atoms with Gasteiger partial charge in [-0.3, -0.25) is 0 Å². The number of H-pyrrole nitrogens is 1. The molecule has 4 saturated carbocycles. The minimum atomic E-state index is -4.48. The summed E-state index contributed by atoms with van der Waals surface area (Å²) in [7, 11) is 1.75. The van der Waals surface area contributed by atoms with Crippen LogP contribution >= 0.6 is 0 Å². The van der Waals surface area contributed by atoms with Crippen molar-refractivity contribution >= 4 is 0 Å². The predicted molar refractivity (Wildman–Crippen MR) is 118 cm³/mol. The number of aromatic amines is 1. The van der Waals surface area contributed by atoms with Crippen LogP contribution in [0.4, 0.5) is 22.0 Å². The zero-order chi connectivity index (χ0) is 24.6. The molecule has 0 atom stereocenters. The zero-order valence-corrected chi connectivity index (χ0v) is 19.3. The van der Waals surface area contributed by atoms with Gasteiger partial charge in [-0.15, -0.1) is 10.2 Å². The first-order chi connectivity index (χ1) is 16.5. The third kappa shape index (κ3) is 3.50. The lowest BCUT2D eigenvalue weighted by Crippen LogP contribution is -2.47. The van der Waals surface area contributed by atoms with Crippen molar-refractivity contribution < 1.29 is 22.0 Å². The Balaban J connectivity index is 1.24. The molecule has 2 bridgehead atoms. The molecule has 35 heavy (non-hydrogen) atoms. The Bertz CT molecular complexity index is 1240. The quantitative estimate of drug-likeness (QED) is 0.437. The van der Waals surface area contributed by atoms with Crippen LogP contribution in [-0.4, -0.2) is 30.7 Å². The van der Waals surface area contributed by atoms with Crippen LogP contribution in [0, 0.1) is 0 Å². The average molecular weight is 492 g/mol. The summed E-state index contributed by atoms with van der Waals surface area (Å²) in [5, 5.41) is 8.62. The monoisotopic (exact) mass is 491 g/mol. The van der Waals surface area contributed by atoms with E-state index >= 15 is 0 Å². The Kier molecular flexibility index (Phi) is 4.77. The molecule has 10 heteroatoms. The Labute approximate surface area is 199 Å². The van der Waals surface area contributed by atoms with Crippen molar-refractivity contribution in [1.29, 1.82) is 0 Å². The highest BCUT2D eigenvalue weighted by Gasteiger charge is 2.53. The van der Waals surface area contributed by atoms with E-state index in [9.17, 15) is 22.0 Å². The molecular formula is C25H26F5N5. The zero-order valence-electron chi connectivity index (χ0n) is 19.3. The second-order valence-electron chi connectivity index (χ2n) is 10.7. The van der Waals surface area contributed by atoms with Crippen molar-refractivity contribution in [2.24, 2.45) is 7.05 Å². The lowest BCUT2D eigenvalue weighted by atomic mass is 9.52. The molecule has 1 aromatic carbocycles. The number of imidazole rings is 1. The molecule has 0 amide bonds. The van der Waals surface area contributed by atoms with E-state index in [0.29, 0.717) is 5.82 Å². The summed E-state index contributed by atoms with van der Waals surface area (Å²) in [4.78, 5) is 7.80. The highest BCUT2D eigenvalue weighted by atomic mass is 19.4. The van der Waals surface area contributed by atoms with E-state index < -0.39 is 17.7 Å². The van der Waals surface area contributed by atoms with Crippen molar-refractivity contribution in [3.63, 3.8) is 0 Å². The van der Waals surface area contributed by atoms with Gasteiger partial charge in [0.25, 0.3) is 0 Å². The van der Waals surface area contributed by atoms with Gasteiger partial charge in [-0.1, -0.05) is 18.2 Å².